The summed E-state index contributed by atoms with van der Waals surface area (Å²) in [5, 5.41) is 5.01. The molecule has 1 heteroatoms. The van der Waals surface area contributed by atoms with Crippen LogP contribution in [0.3, 0.4) is 0 Å². The third kappa shape index (κ3) is 6.66. The van der Waals surface area contributed by atoms with Gasteiger partial charge in [-0.15, -0.1) is 0 Å². The fourth-order valence-electron chi connectivity index (χ4n) is 8.18. The Morgan fingerprint density at radius 1 is 0.228 bits per heavy atom. The second kappa shape index (κ2) is 15.0. The molecule has 0 aliphatic heterocycles. The standard InChI is InChI=1S/C56H39N/c1-5-15-40(16-6-1)42-29-33-49(34-30-42)57(50-35-31-43(32-36-50)41-17-7-2-8-18-41)56-39-54(44-19-9-3-10-20-44)53(38-55(56)45-21-11-4-12-22-45)48-28-27-47-26-25-46-23-13-14-24-51(46)52(47)37-48/h1-39H. The van der Waals surface area contributed by atoms with Crippen LogP contribution in [-0.4, -0.2) is 0 Å². The molecule has 0 radical (unpaired) electrons. The maximum absolute atomic E-state index is 2.43. The highest BCUT2D eigenvalue weighted by Crippen LogP contribution is 2.47. The number of fused-ring (bicyclic) bond motifs is 3. The van der Waals surface area contributed by atoms with Crippen LogP contribution in [0, 0.1) is 0 Å². The van der Waals surface area contributed by atoms with Crippen molar-refractivity contribution in [2.75, 3.05) is 4.90 Å². The Morgan fingerprint density at radius 2 is 0.614 bits per heavy atom. The summed E-state index contributed by atoms with van der Waals surface area (Å²) in [5.74, 6) is 0. The summed E-state index contributed by atoms with van der Waals surface area (Å²) in [6, 6.07) is 85.8. The molecule has 0 fully saturated rings. The van der Waals surface area contributed by atoms with Gasteiger partial charge in [0.15, 0.2) is 0 Å². The highest BCUT2D eigenvalue weighted by atomic mass is 15.1. The van der Waals surface area contributed by atoms with Crippen molar-refractivity contribution in [3.8, 4) is 55.6 Å². The van der Waals surface area contributed by atoms with E-state index in [9.17, 15) is 0 Å². The quantitative estimate of drug-likeness (QED) is 0.141. The third-order valence-electron chi connectivity index (χ3n) is 11.1. The summed E-state index contributed by atoms with van der Waals surface area (Å²) in [6.45, 7) is 0. The van der Waals surface area contributed by atoms with E-state index in [0.29, 0.717) is 0 Å². The zero-order valence-electron chi connectivity index (χ0n) is 31.5. The van der Waals surface area contributed by atoms with Crippen LogP contribution in [0.2, 0.25) is 0 Å². The highest BCUT2D eigenvalue weighted by Gasteiger charge is 2.22. The molecular weight excluding hydrogens is 687 g/mol. The van der Waals surface area contributed by atoms with E-state index < -0.39 is 0 Å². The number of anilines is 3. The zero-order valence-corrected chi connectivity index (χ0v) is 31.5. The van der Waals surface area contributed by atoms with E-state index in [-0.39, 0.29) is 0 Å². The molecule has 0 amide bonds. The SMILES string of the molecule is c1ccc(-c2ccc(N(c3ccc(-c4ccccc4)cc3)c3cc(-c4ccccc4)c(-c4ccc5ccc6ccccc6c5c4)cc3-c3ccccc3)cc2)cc1. The number of nitrogens with zero attached hydrogens (tertiary/aromatic N) is 1. The molecule has 0 saturated carbocycles. The van der Waals surface area contributed by atoms with Crippen LogP contribution < -0.4 is 4.90 Å². The van der Waals surface area contributed by atoms with Gasteiger partial charge < -0.3 is 4.90 Å². The predicted octanol–water partition coefficient (Wildman–Crippen LogP) is 15.8. The Labute approximate surface area is 334 Å². The van der Waals surface area contributed by atoms with Gasteiger partial charge >= 0.3 is 0 Å². The van der Waals surface area contributed by atoms with Crippen LogP contribution in [0.1, 0.15) is 0 Å². The number of hydrogen-bond donors (Lipinski definition) is 0. The van der Waals surface area contributed by atoms with Crippen LogP contribution >= 0.6 is 0 Å². The van der Waals surface area contributed by atoms with Crippen molar-refractivity contribution in [3.05, 3.63) is 237 Å². The molecule has 0 saturated heterocycles. The van der Waals surface area contributed by atoms with Gasteiger partial charge in [0.1, 0.15) is 0 Å². The topological polar surface area (TPSA) is 3.24 Å². The Balaban J connectivity index is 1.23. The lowest BCUT2D eigenvalue weighted by Gasteiger charge is -2.30. The summed E-state index contributed by atoms with van der Waals surface area (Å²) in [7, 11) is 0. The Hall–Kier alpha value is -7.48. The molecule has 10 rings (SSSR count). The zero-order chi connectivity index (χ0) is 38.0. The fourth-order valence-corrected chi connectivity index (χ4v) is 8.18. The van der Waals surface area contributed by atoms with Gasteiger partial charge in [-0.25, -0.2) is 0 Å². The fraction of sp³-hybridized carbons (Fsp3) is 0. The molecular formula is C56H39N. The average Bonchev–Trinajstić information content (AvgIpc) is 3.30. The molecule has 0 spiro atoms. The molecule has 0 heterocycles. The molecule has 57 heavy (non-hydrogen) atoms. The summed E-state index contributed by atoms with van der Waals surface area (Å²) in [5.41, 5.74) is 15.1. The molecule has 0 atom stereocenters. The lowest BCUT2D eigenvalue weighted by atomic mass is 9.88. The molecule has 10 aromatic rings. The van der Waals surface area contributed by atoms with Crippen molar-refractivity contribution < 1.29 is 0 Å². The monoisotopic (exact) mass is 725 g/mol. The molecule has 0 aliphatic rings. The second-order valence-corrected chi connectivity index (χ2v) is 14.5. The normalized spacial score (nSPS) is 11.2. The van der Waals surface area contributed by atoms with E-state index in [0.717, 1.165) is 28.2 Å². The van der Waals surface area contributed by atoms with Crippen LogP contribution in [0.4, 0.5) is 17.1 Å². The summed E-state index contributed by atoms with van der Waals surface area (Å²) >= 11 is 0. The van der Waals surface area contributed by atoms with Gasteiger partial charge in [0.25, 0.3) is 0 Å². The molecule has 0 unspecified atom stereocenters. The largest absolute Gasteiger partial charge is 0.310 e. The predicted molar refractivity (Wildman–Crippen MR) is 243 cm³/mol. The number of hydrogen-bond acceptors (Lipinski definition) is 1. The van der Waals surface area contributed by atoms with Gasteiger partial charge in [0.05, 0.1) is 5.69 Å². The number of rotatable bonds is 8. The van der Waals surface area contributed by atoms with Crippen LogP contribution in [0.25, 0.3) is 77.2 Å². The maximum atomic E-state index is 2.43. The van der Waals surface area contributed by atoms with Crippen LogP contribution in [0.15, 0.2) is 237 Å². The molecule has 0 N–H and O–H groups in total. The minimum atomic E-state index is 1.09. The number of benzene rings is 10. The summed E-state index contributed by atoms with van der Waals surface area (Å²) < 4.78 is 0. The minimum Gasteiger partial charge on any atom is -0.310 e. The molecule has 1 nitrogen and oxygen atoms in total. The maximum Gasteiger partial charge on any atom is 0.0546 e. The van der Waals surface area contributed by atoms with Crippen molar-refractivity contribution in [1.29, 1.82) is 0 Å². The first-order chi connectivity index (χ1) is 28.3. The smallest absolute Gasteiger partial charge is 0.0546 e. The lowest BCUT2D eigenvalue weighted by molar-refractivity contribution is 1.28. The Morgan fingerprint density at radius 3 is 1.16 bits per heavy atom. The van der Waals surface area contributed by atoms with Crippen molar-refractivity contribution in [2.45, 2.75) is 0 Å². The molecule has 0 bridgehead atoms. The first kappa shape index (κ1) is 34.0. The van der Waals surface area contributed by atoms with Crippen LogP contribution in [0.5, 0.6) is 0 Å². The van der Waals surface area contributed by atoms with Crippen molar-refractivity contribution in [1.82, 2.24) is 0 Å². The Kier molecular flexibility index (Phi) is 8.95. The van der Waals surface area contributed by atoms with Crippen molar-refractivity contribution in [3.63, 3.8) is 0 Å². The van der Waals surface area contributed by atoms with E-state index in [1.807, 2.05) is 0 Å². The van der Waals surface area contributed by atoms with Crippen molar-refractivity contribution >= 4 is 38.6 Å². The molecule has 268 valence electrons. The van der Waals surface area contributed by atoms with E-state index in [4.69, 9.17) is 0 Å². The Bertz CT molecular complexity index is 2870. The molecule has 0 aromatic heterocycles. The van der Waals surface area contributed by atoms with Gasteiger partial charge in [-0.05, 0) is 114 Å². The first-order valence-corrected chi connectivity index (χ1v) is 19.6. The van der Waals surface area contributed by atoms with Gasteiger partial charge in [0, 0.05) is 16.9 Å². The van der Waals surface area contributed by atoms with Gasteiger partial charge in [-0.1, -0.05) is 194 Å². The van der Waals surface area contributed by atoms with E-state index >= 15 is 0 Å². The summed E-state index contributed by atoms with van der Waals surface area (Å²) in [6.07, 6.45) is 0. The van der Waals surface area contributed by atoms with Gasteiger partial charge in [-0.3, -0.25) is 0 Å². The molecule has 10 aromatic carbocycles. The third-order valence-corrected chi connectivity index (χ3v) is 11.1. The second-order valence-electron chi connectivity index (χ2n) is 14.5. The average molecular weight is 726 g/mol. The van der Waals surface area contributed by atoms with Crippen LogP contribution in [-0.2, 0) is 0 Å². The van der Waals surface area contributed by atoms with E-state index in [2.05, 4.69) is 241 Å². The van der Waals surface area contributed by atoms with Gasteiger partial charge in [0.2, 0.25) is 0 Å². The highest BCUT2D eigenvalue weighted by molar-refractivity contribution is 6.09. The lowest BCUT2D eigenvalue weighted by Crippen LogP contribution is -2.12. The van der Waals surface area contributed by atoms with E-state index in [1.165, 1.54) is 66.1 Å². The first-order valence-electron chi connectivity index (χ1n) is 19.6. The minimum absolute atomic E-state index is 1.09. The van der Waals surface area contributed by atoms with Gasteiger partial charge in [-0.2, -0.15) is 0 Å². The van der Waals surface area contributed by atoms with E-state index in [1.54, 1.807) is 0 Å². The summed E-state index contributed by atoms with van der Waals surface area (Å²) in [4.78, 5) is 2.43. The molecule has 0 aliphatic carbocycles. The van der Waals surface area contributed by atoms with Crippen molar-refractivity contribution in [2.24, 2.45) is 0 Å².